The fourth-order valence-electron chi connectivity index (χ4n) is 3.32. The van der Waals surface area contributed by atoms with E-state index >= 15 is 0 Å². The zero-order chi connectivity index (χ0) is 13.0. The molecule has 3 atom stereocenters. The first-order valence-electron chi connectivity index (χ1n) is 8.23. The van der Waals surface area contributed by atoms with Crippen LogP contribution in [0, 0.1) is 11.8 Å². The van der Waals surface area contributed by atoms with Gasteiger partial charge in [-0.1, -0.05) is 40.0 Å². The molecule has 1 aliphatic heterocycles. The van der Waals surface area contributed by atoms with E-state index in [2.05, 4.69) is 31.0 Å². The van der Waals surface area contributed by atoms with Crippen molar-refractivity contribution in [1.82, 2.24) is 10.2 Å². The molecular weight excluding hydrogens is 220 g/mol. The fourth-order valence-corrected chi connectivity index (χ4v) is 3.32. The minimum atomic E-state index is 0.779. The molecule has 1 saturated carbocycles. The summed E-state index contributed by atoms with van der Waals surface area (Å²) in [5.74, 6) is 1.83. The molecule has 0 bridgehead atoms. The quantitative estimate of drug-likeness (QED) is 0.700. The number of nitrogens with zero attached hydrogens (tertiary/aromatic N) is 1. The molecule has 0 amide bonds. The lowest BCUT2D eigenvalue weighted by Gasteiger charge is -2.43. The minimum absolute atomic E-state index is 0.779. The van der Waals surface area contributed by atoms with Crippen LogP contribution in [0.2, 0.25) is 0 Å². The van der Waals surface area contributed by atoms with Crippen LogP contribution in [0.15, 0.2) is 0 Å². The van der Waals surface area contributed by atoms with Crippen LogP contribution in [0.1, 0.15) is 59.3 Å². The molecule has 0 aromatic rings. The van der Waals surface area contributed by atoms with Gasteiger partial charge in [-0.2, -0.15) is 0 Å². The lowest BCUT2D eigenvalue weighted by Crippen LogP contribution is -2.59. The number of hydrogen-bond acceptors (Lipinski definition) is 2. The van der Waals surface area contributed by atoms with Crippen LogP contribution >= 0.6 is 0 Å². The van der Waals surface area contributed by atoms with Crippen molar-refractivity contribution >= 4 is 0 Å². The third-order valence-electron chi connectivity index (χ3n) is 5.03. The van der Waals surface area contributed by atoms with Gasteiger partial charge in [0.2, 0.25) is 0 Å². The van der Waals surface area contributed by atoms with E-state index in [1.165, 1.54) is 58.2 Å². The highest BCUT2D eigenvalue weighted by Gasteiger charge is 2.37. The number of unbranched alkanes of at least 4 members (excludes halogenated alkanes) is 2. The summed E-state index contributed by atoms with van der Waals surface area (Å²) in [7, 11) is 0. The van der Waals surface area contributed by atoms with Crippen LogP contribution in [0.4, 0.5) is 0 Å². The van der Waals surface area contributed by atoms with Crippen molar-refractivity contribution in [2.45, 2.75) is 71.4 Å². The Hall–Kier alpha value is -0.0800. The predicted octanol–water partition coefficient (Wildman–Crippen LogP) is 3.28. The molecule has 2 rings (SSSR count). The van der Waals surface area contributed by atoms with Gasteiger partial charge >= 0.3 is 0 Å². The van der Waals surface area contributed by atoms with Crippen molar-refractivity contribution in [2.24, 2.45) is 11.8 Å². The third-order valence-corrected chi connectivity index (χ3v) is 5.03. The van der Waals surface area contributed by atoms with Gasteiger partial charge in [0, 0.05) is 25.2 Å². The summed E-state index contributed by atoms with van der Waals surface area (Å²) in [6.45, 7) is 10.9. The van der Waals surface area contributed by atoms with E-state index in [1.54, 1.807) is 0 Å². The second kappa shape index (κ2) is 6.91. The summed E-state index contributed by atoms with van der Waals surface area (Å²) in [5, 5.41) is 3.83. The van der Waals surface area contributed by atoms with Crippen LogP contribution < -0.4 is 5.32 Å². The van der Waals surface area contributed by atoms with E-state index in [9.17, 15) is 0 Å². The first-order valence-corrected chi connectivity index (χ1v) is 8.23. The summed E-state index contributed by atoms with van der Waals surface area (Å²) >= 11 is 0. The van der Waals surface area contributed by atoms with Gasteiger partial charge in [-0.25, -0.2) is 0 Å². The van der Waals surface area contributed by atoms with Gasteiger partial charge in [-0.3, -0.25) is 4.90 Å². The molecule has 0 spiro atoms. The van der Waals surface area contributed by atoms with E-state index in [0.717, 1.165) is 23.9 Å². The molecule has 1 aliphatic carbocycles. The van der Waals surface area contributed by atoms with Gasteiger partial charge in [0.05, 0.1) is 0 Å². The normalized spacial score (nSPS) is 31.5. The molecule has 1 saturated heterocycles. The van der Waals surface area contributed by atoms with Crippen molar-refractivity contribution in [1.29, 1.82) is 0 Å². The van der Waals surface area contributed by atoms with Crippen molar-refractivity contribution in [2.75, 3.05) is 19.6 Å². The van der Waals surface area contributed by atoms with Gasteiger partial charge in [0.25, 0.3) is 0 Å². The minimum Gasteiger partial charge on any atom is -0.311 e. The first kappa shape index (κ1) is 14.3. The Kier molecular flexibility index (Phi) is 5.50. The molecule has 0 aromatic heterocycles. The van der Waals surface area contributed by atoms with Gasteiger partial charge < -0.3 is 5.32 Å². The van der Waals surface area contributed by atoms with Crippen molar-refractivity contribution < 1.29 is 0 Å². The summed E-state index contributed by atoms with van der Waals surface area (Å²) in [6, 6.07) is 1.58. The summed E-state index contributed by atoms with van der Waals surface area (Å²) < 4.78 is 0. The molecule has 18 heavy (non-hydrogen) atoms. The average Bonchev–Trinajstić information content (AvgIpc) is 3.22. The largest absolute Gasteiger partial charge is 0.311 e. The van der Waals surface area contributed by atoms with Crippen LogP contribution in [-0.2, 0) is 0 Å². The van der Waals surface area contributed by atoms with Crippen molar-refractivity contribution in [3.63, 3.8) is 0 Å². The molecule has 1 N–H and O–H groups in total. The lowest BCUT2D eigenvalue weighted by atomic mass is 9.93. The van der Waals surface area contributed by atoms with Crippen LogP contribution in [0.3, 0.4) is 0 Å². The number of rotatable bonds is 7. The van der Waals surface area contributed by atoms with Gasteiger partial charge in [-0.15, -0.1) is 0 Å². The highest BCUT2D eigenvalue weighted by molar-refractivity contribution is 4.95. The highest BCUT2D eigenvalue weighted by Crippen LogP contribution is 2.35. The Morgan fingerprint density at radius 2 is 2.00 bits per heavy atom. The average molecular weight is 252 g/mol. The third kappa shape index (κ3) is 3.71. The monoisotopic (exact) mass is 252 g/mol. The van der Waals surface area contributed by atoms with Crippen LogP contribution in [0.25, 0.3) is 0 Å². The van der Waals surface area contributed by atoms with E-state index in [0.29, 0.717) is 0 Å². The Labute approximate surface area is 114 Å². The number of piperazine rings is 1. The van der Waals surface area contributed by atoms with Crippen LogP contribution in [-0.4, -0.2) is 36.6 Å². The van der Waals surface area contributed by atoms with E-state index in [4.69, 9.17) is 0 Å². The number of hydrogen-bond donors (Lipinski definition) is 1. The maximum absolute atomic E-state index is 3.83. The molecular formula is C16H32N2. The second-order valence-electron chi connectivity index (χ2n) is 6.51. The molecule has 2 fully saturated rings. The van der Waals surface area contributed by atoms with E-state index in [-0.39, 0.29) is 0 Å². The Bertz CT molecular complexity index is 237. The van der Waals surface area contributed by atoms with Crippen molar-refractivity contribution in [3.8, 4) is 0 Å². The highest BCUT2D eigenvalue weighted by atomic mass is 15.2. The summed E-state index contributed by atoms with van der Waals surface area (Å²) in [4.78, 5) is 2.81. The first-order chi connectivity index (χ1) is 8.76. The Morgan fingerprint density at radius 1 is 1.22 bits per heavy atom. The number of nitrogens with one attached hydrogen (secondary N) is 1. The zero-order valence-corrected chi connectivity index (χ0v) is 12.6. The van der Waals surface area contributed by atoms with Gasteiger partial charge in [-0.05, 0) is 37.6 Å². The summed E-state index contributed by atoms with van der Waals surface area (Å²) in [6.07, 6.45) is 8.37. The molecule has 2 aliphatic rings. The zero-order valence-electron chi connectivity index (χ0n) is 12.6. The standard InChI is InChI=1S/C16H32N2/c1-4-6-7-10-18-12-15(14-8-9-14)17-11-16(18)13(3)5-2/h13-17H,4-12H2,1-3H3. The van der Waals surface area contributed by atoms with E-state index < -0.39 is 0 Å². The van der Waals surface area contributed by atoms with Gasteiger partial charge in [0.1, 0.15) is 0 Å². The molecule has 106 valence electrons. The van der Waals surface area contributed by atoms with Crippen molar-refractivity contribution in [3.05, 3.63) is 0 Å². The molecule has 0 radical (unpaired) electrons. The smallest absolute Gasteiger partial charge is 0.0246 e. The fraction of sp³-hybridized carbons (Fsp3) is 1.00. The Balaban J connectivity index is 1.87. The second-order valence-corrected chi connectivity index (χ2v) is 6.51. The van der Waals surface area contributed by atoms with E-state index in [1.807, 2.05) is 0 Å². The Morgan fingerprint density at radius 3 is 2.61 bits per heavy atom. The molecule has 1 heterocycles. The topological polar surface area (TPSA) is 15.3 Å². The lowest BCUT2D eigenvalue weighted by molar-refractivity contribution is 0.0839. The van der Waals surface area contributed by atoms with Gasteiger partial charge in [0.15, 0.2) is 0 Å². The van der Waals surface area contributed by atoms with Crippen LogP contribution in [0.5, 0.6) is 0 Å². The molecule has 2 heteroatoms. The maximum atomic E-state index is 3.83. The molecule has 0 aromatic carbocycles. The SMILES string of the molecule is CCCCCN1CC(C2CC2)NCC1C(C)CC. The molecule has 2 nitrogen and oxygen atoms in total. The maximum Gasteiger partial charge on any atom is 0.0246 e. The summed E-state index contributed by atoms with van der Waals surface area (Å²) in [5.41, 5.74) is 0. The predicted molar refractivity (Wildman–Crippen MR) is 78.9 cm³/mol. The molecule has 3 unspecified atom stereocenters.